The van der Waals surface area contributed by atoms with E-state index in [1.54, 1.807) is 0 Å². The van der Waals surface area contributed by atoms with Crippen molar-refractivity contribution >= 4 is 5.97 Å². The molecule has 0 unspecified atom stereocenters. The van der Waals surface area contributed by atoms with Gasteiger partial charge < -0.3 is 5.11 Å². The van der Waals surface area contributed by atoms with Gasteiger partial charge in [0.05, 0.1) is 0 Å². The van der Waals surface area contributed by atoms with Gasteiger partial charge in [-0.1, -0.05) is 12.8 Å². The van der Waals surface area contributed by atoms with Crippen molar-refractivity contribution in [3.05, 3.63) is 0 Å². The Labute approximate surface area is 92.5 Å². The number of likely N-dealkylation sites (tertiary alicyclic amines) is 1. The van der Waals surface area contributed by atoms with E-state index in [4.69, 9.17) is 5.11 Å². The highest BCUT2D eigenvalue weighted by Gasteiger charge is 2.27. The first-order valence-corrected chi connectivity index (χ1v) is 5.99. The third kappa shape index (κ3) is 4.20. The molecule has 0 aromatic carbocycles. The smallest absolute Gasteiger partial charge is 0.303 e. The molecule has 1 aliphatic rings. The van der Waals surface area contributed by atoms with E-state index in [-0.39, 0.29) is 12.0 Å². The minimum Gasteiger partial charge on any atom is -0.481 e. The van der Waals surface area contributed by atoms with Gasteiger partial charge in [-0.05, 0) is 46.2 Å². The largest absolute Gasteiger partial charge is 0.481 e. The summed E-state index contributed by atoms with van der Waals surface area (Å²) < 4.78 is 0. The molecule has 0 amide bonds. The van der Waals surface area contributed by atoms with Crippen molar-refractivity contribution in [1.82, 2.24) is 4.90 Å². The summed E-state index contributed by atoms with van der Waals surface area (Å²) in [6.45, 7) is 6.60. The standard InChI is InChI=1S/C12H23NO2/c1-12(2,8-7-11(14)15)13-9-5-3-4-6-10-13/h3-10H2,1-2H3,(H,14,15). The number of hydrogen-bond acceptors (Lipinski definition) is 2. The summed E-state index contributed by atoms with van der Waals surface area (Å²) in [5.41, 5.74) is 0.0444. The molecule has 1 aliphatic heterocycles. The van der Waals surface area contributed by atoms with Crippen molar-refractivity contribution in [2.24, 2.45) is 0 Å². The second-order valence-corrected chi connectivity index (χ2v) is 5.11. The lowest BCUT2D eigenvalue weighted by molar-refractivity contribution is -0.137. The number of nitrogens with zero attached hydrogens (tertiary/aromatic N) is 1. The number of carboxylic acids is 1. The van der Waals surface area contributed by atoms with Crippen molar-refractivity contribution in [3.8, 4) is 0 Å². The maximum absolute atomic E-state index is 10.6. The fraction of sp³-hybridized carbons (Fsp3) is 0.917. The van der Waals surface area contributed by atoms with Gasteiger partial charge in [0, 0.05) is 12.0 Å². The zero-order chi connectivity index (χ0) is 11.3. The minimum atomic E-state index is -0.683. The van der Waals surface area contributed by atoms with Crippen LogP contribution in [0.4, 0.5) is 0 Å². The molecule has 1 saturated heterocycles. The average Bonchev–Trinajstić information content (AvgIpc) is 2.43. The zero-order valence-corrected chi connectivity index (χ0v) is 9.96. The molecule has 1 N–H and O–H groups in total. The van der Waals surface area contributed by atoms with Crippen LogP contribution >= 0.6 is 0 Å². The summed E-state index contributed by atoms with van der Waals surface area (Å²) >= 11 is 0. The Morgan fingerprint density at radius 2 is 1.73 bits per heavy atom. The molecule has 0 atom stereocenters. The molecular formula is C12H23NO2. The van der Waals surface area contributed by atoms with Crippen molar-refractivity contribution in [2.75, 3.05) is 13.1 Å². The molecule has 0 radical (unpaired) electrons. The molecule has 1 heterocycles. The molecule has 1 fully saturated rings. The van der Waals surface area contributed by atoms with Gasteiger partial charge in [-0.15, -0.1) is 0 Å². The van der Waals surface area contributed by atoms with Gasteiger partial charge in [-0.2, -0.15) is 0 Å². The monoisotopic (exact) mass is 213 g/mol. The van der Waals surface area contributed by atoms with Crippen LogP contribution in [0.15, 0.2) is 0 Å². The molecule has 1 rings (SSSR count). The van der Waals surface area contributed by atoms with Crippen molar-refractivity contribution in [2.45, 2.75) is 57.9 Å². The van der Waals surface area contributed by atoms with Crippen LogP contribution < -0.4 is 0 Å². The van der Waals surface area contributed by atoms with Gasteiger partial charge in [-0.25, -0.2) is 0 Å². The summed E-state index contributed by atoms with van der Waals surface area (Å²) in [5, 5.41) is 8.71. The Hall–Kier alpha value is -0.570. The summed E-state index contributed by atoms with van der Waals surface area (Å²) in [5.74, 6) is -0.683. The van der Waals surface area contributed by atoms with Crippen molar-refractivity contribution < 1.29 is 9.90 Å². The van der Waals surface area contributed by atoms with E-state index in [2.05, 4.69) is 18.7 Å². The van der Waals surface area contributed by atoms with E-state index < -0.39 is 5.97 Å². The summed E-state index contributed by atoms with van der Waals surface area (Å²) in [7, 11) is 0. The molecule has 0 aromatic rings. The van der Waals surface area contributed by atoms with E-state index in [0.29, 0.717) is 0 Å². The maximum atomic E-state index is 10.6. The van der Waals surface area contributed by atoms with Crippen LogP contribution in [0, 0.1) is 0 Å². The lowest BCUT2D eigenvalue weighted by Crippen LogP contribution is -2.44. The first kappa shape index (κ1) is 12.5. The number of carbonyl (C=O) groups is 1. The van der Waals surface area contributed by atoms with Gasteiger partial charge in [0.2, 0.25) is 0 Å². The maximum Gasteiger partial charge on any atom is 0.303 e. The SMILES string of the molecule is CC(C)(CCC(=O)O)N1CCCCCC1. The second kappa shape index (κ2) is 5.50. The van der Waals surface area contributed by atoms with E-state index in [1.807, 2.05) is 0 Å². The topological polar surface area (TPSA) is 40.5 Å². The highest BCUT2D eigenvalue weighted by Crippen LogP contribution is 2.24. The molecule has 0 aromatic heterocycles. The molecule has 88 valence electrons. The molecule has 0 aliphatic carbocycles. The van der Waals surface area contributed by atoms with Crippen LogP contribution in [0.3, 0.4) is 0 Å². The number of hydrogen-bond donors (Lipinski definition) is 1. The average molecular weight is 213 g/mol. The molecule has 3 heteroatoms. The number of carboxylic acid groups (broad SMARTS) is 1. The van der Waals surface area contributed by atoms with Gasteiger partial charge in [0.25, 0.3) is 0 Å². The Balaban J connectivity index is 2.46. The third-order valence-electron chi connectivity index (χ3n) is 3.41. The predicted octanol–water partition coefficient (Wildman–Crippen LogP) is 2.51. The van der Waals surface area contributed by atoms with Crippen LogP contribution in [0.5, 0.6) is 0 Å². The lowest BCUT2D eigenvalue weighted by Gasteiger charge is -2.37. The number of aliphatic carboxylic acids is 1. The van der Waals surface area contributed by atoms with E-state index in [9.17, 15) is 4.79 Å². The van der Waals surface area contributed by atoms with Crippen LogP contribution in [-0.4, -0.2) is 34.6 Å². The Morgan fingerprint density at radius 1 is 1.20 bits per heavy atom. The minimum absolute atomic E-state index is 0.0444. The van der Waals surface area contributed by atoms with Gasteiger partial charge in [0.1, 0.15) is 0 Å². The van der Waals surface area contributed by atoms with E-state index >= 15 is 0 Å². The lowest BCUT2D eigenvalue weighted by atomic mass is 9.95. The quantitative estimate of drug-likeness (QED) is 0.780. The summed E-state index contributed by atoms with van der Waals surface area (Å²) in [6, 6.07) is 0. The third-order valence-corrected chi connectivity index (χ3v) is 3.41. The highest BCUT2D eigenvalue weighted by molar-refractivity contribution is 5.66. The second-order valence-electron chi connectivity index (χ2n) is 5.11. The molecular weight excluding hydrogens is 190 g/mol. The molecule has 0 spiro atoms. The van der Waals surface area contributed by atoms with Crippen molar-refractivity contribution in [3.63, 3.8) is 0 Å². The fourth-order valence-electron chi connectivity index (χ4n) is 2.25. The van der Waals surface area contributed by atoms with Crippen LogP contribution in [0.1, 0.15) is 52.4 Å². The molecule has 0 bridgehead atoms. The van der Waals surface area contributed by atoms with Crippen LogP contribution in [-0.2, 0) is 4.79 Å². The molecule has 0 saturated carbocycles. The molecule has 15 heavy (non-hydrogen) atoms. The van der Waals surface area contributed by atoms with E-state index in [0.717, 1.165) is 19.5 Å². The Morgan fingerprint density at radius 3 is 2.20 bits per heavy atom. The fourth-order valence-corrected chi connectivity index (χ4v) is 2.25. The van der Waals surface area contributed by atoms with Gasteiger partial charge in [0.15, 0.2) is 0 Å². The Bertz CT molecular complexity index is 206. The summed E-state index contributed by atoms with van der Waals surface area (Å²) in [4.78, 5) is 13.0. The molecule has 3 nitrogen and oxygen atoms in total. The van der Waals surface area contributed by atoms with Gasteiger partial charge in [-0.3, -0.25) is 9.69 Å². The Kier molecular flexibility index (Phi) is 4.58. The normalized spacial score (nSPS) is 19.9. The first-order chi connectivity index (χ1) is 7.02. The van der Waals surface area contributed by atoms with Crippen molar-refractivity contribution in [1.29, 1.82) is 0 Å². The summed E-state index contributed by atoms with van der Waals surface area (Å²) in [6.07, 6.45) is 6.20. The predicted molar refractivity (Wildman–Crippen MR) is 61.0 cm³/mol. The van der Waals surface area contributed by atoms with E-state index in [1.165, 1.54) is 25.7 Å². The van der Waals surface area contributed by atoms with Crippen LogP contribution in [0.2, 0.25) is 0 Å². The zero-order valence-electron chi connectivity index (χ0n) is 9.96. The first-order valence-electron chi connectivity index (χ1n) is 5.99. The highest BCUT2D eigenvalue weighted by atomic mass is 16.4. The van der Waals surface area contributed by atoms with Crippen LogP contribution in [0.25, 0.3) is 0 Å². The number of rotatable bonds is 4. The van der Waals surface area contributed by atoms with Gasteiger partial charge >= 0.3 is 5.97 Å².